The number of H-pyrrole nitrogens is 1. The Kier molecular flexibility index (Phi) is 4.17. The van der Waals surface area contributed by atoms with Crippen molar-refractivity contribution >= 4 is 10.9 Å². The molecule has 0 spiro atoms. The van der Waals surface area contributed by atoms with E-state index in [2.05, 4.69) is 4.98 Å². The number of aromatic amines is 1. The van der Waals surface area contributed by atoms with Gasteiger partial charge in [-0.2, -0.15) is 0 Å². The number of para-hydroxylation sites is 1. The normalized spacial score (nSPS) is 24.7. The van der Waals surface area contributed by atoms with Gasteiger partial charge in [0.1, 0.15) is 5.60 Å². The van der Waals surface area contributed by atoms with Crippen molar-refractivity contribution in [3.8, 4) is 11.5 Å². The second kappa shape index (κ2) is 6.55. The molecule has 0 unspecified atom stereocenters. The molecular weight excluding hydrogens is 389 g/mol. The van der Waals surface area contributed by atoms with Crippen molar-refractivity contribution in [2.75, 3.05) is 14.2 Å². The van der Waals surface area contributed by atoms with Gasteiger partial charge in [0, 0.05) is 11.1 Å². The Bertz CT molecular complexity index is 1240. The Labute approximate surface area is 172 Å². The summed E-state index contributed by atoms with van der Waals surface area (Å²) in [5.41, 5.74) is 0.782. The van der Waals surface area contributed by atoms with Crippen molar-refractivity contribution < 1.29 is 23.7 Å². The standard InChI is InChI=1S/C23H22FNO5/c1-11-21(28-2)20(26)19-15(25-11)8-7-12-18(19)16-9-10-17(30-16)23(12,27)13-5-4-6-14(24)22(13)29-3/h4-8,16-17,27H,9-10H2,1-3H3,(H,25,26)/t16-,17+,23-/m0/s1. The second-order valence-corrected chi connectivity index (χ2v) is 7.84. The maximum atomic E-state index is 14.5. The van der Waals surface area contributed by atoms with E-state index in [9.17, 15) is 14.3 Å². The smallest absolute Gasteiger partial charge is 0.231 e. The van der Waals surface area contributed by atoms with Crippen LogP contribution in [0.3, 0.4) is 0 Å². The molecule has 156 valence electrons. The van der Waals surface area contributed by atoms with Crippen LogP contribution in [0, 0.1) is 12.7 Å². The summed E-state index contributed by atoms with van der Waals surface area (Å²) >= 11 is 0. The first-order valence-electron chi connectivity index (χ1n) is 9.86. The molecule has 2 aromatic carbocycles. The SMILES string of the molecule is COc1c(F)cccc1[C@@]1(O)c2ccc3[nH]c(C)c(OC)c(=O)c3c2[C@@H]2CC[C@H]1O2. The molecule has 0 radical (unpaired) electrons. The summed E-state index contributed by atoms with van der Waals surface area (Å²) in [6.45, 7) is 1.77. The lowest BCUT2D eigenvalue weighted by atomic mass is 9.77. The summed E-state index contributed by atoms with van der Waals surface area (Å²) in [5.74, 6) is -0.376. The van der Waals surface area contributed by atoms with Gasteiger partial charge >= 0.3 is 0 Å². The van der Waals surface area contributed by atoms with Crippen LogP contribution >= 0.6 is 0 Å². The predicted molar refractivity (Wildman–Crippen MR) is 109 cm³/mol. The first kappa shape index (κ1) is 19.1. The van der Waals surface area contributed by atoms with Crippen LogP contribution in [0.25, 0.3) is 10.9 Å². The van der Waals surface area contributed by atoms with Crippen LogP contribution in [-0.2, 0) is 10.3 Å². The van der Waals surface area contributed by atoms with Crippen LogP contribution in [0.2, 0.25) is 0 Å². The molecule has 6 nitrogen and oxygen atoms in total. The zero-order valence-corrected chi connectivity index (χ0v) is 16.9. The van der Waals surface area contributed by atoms with Crippen molar-refractivity contribution in [2.24, 2.45) is 0 Å². The van der Waals surface area contributed by atoms with Gasteiger partial charge in [0.2, 0.25) is 5.43 Å². The Morgan fingerprint density at radius 3 is 2.63 bits per heavy atom. The van der Waals surface area contributed by atoms with Gasteiger partial charge in [-0.15, -0.1) is 0 Å². The van der Waals surface area contributed by atoms with E-state index in [-0.39, 0.29) is 28.6 Å². The summed E-state index contributed by atoms with van der Waals surface area (Å²) in [6, 6.07) is 8.01. The van der Waals surface area contributed by atoms with Gasteiger partial charge in [-0.05, 0) is 37.5 Å². The number of hydrogen-bond donors (Lipinski definition) is 2. The molecular formula is C23H22FNO5. The number of aromatic nitrogens is 1. The molecule has 2 aliphatic rings. The quantitative estimate of drug-likeness (QED) is 0.690. The van der Waals surface area contributed by atoms with Gasteiger partial charge in [-0.25, -0.2) is 4.39 Å². The number of rotatable bonds is 3. The molecule has 30 heavy (non-hydrogen) atoms. The number of methoxy groups -OCH3 is 2. The minimum atomic E-state index is -1.66. The number of pyridine rings is 1. The van der Waals surface area contributed by atoms with Gasteiger partial charge in [0.15, 0.2) is 17.3 Å². The van der Waals surface area contributed by atoms with E-state index in [1.54, 1.807) is 25.1 Å². The molecule has 2 aliphatic heterocycles. The number of benzene rings is 2. The van der Waals surface area contributed by atoms with Crippen molar-refractivity contribution in [3.63, 3.8) is 0 Å². The highest BCUT2D eigenvalue weighted by molar-refractivity contribution is 5.86. The fourth-order valence-corrected chi connectivity index (χ4v) is 5.09. The number of halogens is 1. The van der Waals surface area contributed by atoms with Crippen LogP contribution in [0.4, 0.5) is 4.39 Å². The Morgan fingerprint density at radius 1 is 1.13 bits per heavy atom. The van der Waals surface area contributed by atoms with Gasteiger partial charge in [0.05, 0.1) is 43.0 Å². The molecule has 0 saturated carbocycles. The van der Waals surface area contributed by atoms with Crippen LogP contribution in [-0.4, -0.2) is 30.4 Å². The van der Waals surface area contributed by atoms with E-state index in [1.165, 1.54) is 26.4 Å². The maximum Gasteiger partial charge on any atom is 0.231 e. The summed E-state index contributed by atoms with van der Waals surface area (Å²) in [7, 11) is 2.82. The van der Waals surface area contributed by atoms with Crippen LogP contribution in [0.1, 0.15) is 41.3 Å². The highest BCUT2D eigenvalue weighted by atomic mass is 19.1. The van der Waals surface area contributed by atoms with Gasteiger partial charge in [0.25, 0.3) is 0 Å². The largest absolute Gasteiger partial charge is 0.493 e. The third kappa shape index (κ3) is 2.33. The number of aryl methyl sites for hydroxylation is 1. The summed E-state index contributed by atoms with van der Waals surface area (Å²) in [5, 5.41) is 12.5. The molecule has 3 aromatic rings. The second-order valence-electron chi connectivity index (χ2n) is 7.84. The summed E-state index contributed by atoms with van der Waals surface area (Å²) < 4.78 is 31.3. The zero-order chi connectivity index (χ0) is 21.2. The lowest BCUT2D eigenvalue weighted by molar-refractivity contribution is -0.102. The third-order valence-electron chi connectivity index (χ3n) is 6.35. The molecule has 3 atom stereocenters. The summed E-state index contributed by atoms with van der Waals surface area (Å²) in [4.78, 5) is 16.5. The van der Waals surface area contributed by atoms with E-state index in [4.69, 9.17) is 14.2 Å². The molecule has 1 aromatic heterocycles. The minimum absolute atomic E-state index is 0.0320. The lowest BCUT2D eigenvalue weighted by Gasteiger charge is -2.41. The van der Waals surface area contributed by atoms with Crippen molar-refractivity contribution in [1.29, 1.82) is 0 Å². The average molecular weight is 411 g/mol. The fourth-order valence-electron chi connectivity index (χ4n) is 5.09. The van der Waals surface area contributed by atoms with Crippen molar-refractivity contribution in [3.05, 3.63) is 68.8 Å². The Morgan fingerprint density at radius 2 is 1.90 bits per heavy atom. The predicted octanol–water partition coefficient (Wildman–Crippen LogP) is 3.46. The Hall–Kier alpha value is -2.90. The van der Waals surface area contributed by atoms with Gasteiger partial charge in [-0.3, -0.25) is 4.79 Å². The number of fused-ring (bicyclic) bond motifs is 6. The van der Waals surface area contributed by atoms with Crippen molar-refractivity contribution in [1.82, 2.24) is 4.98 Å². The number of nitrogens with one attached hydrogen (secondary N) is 1. The zero-order valence-electron chi connectivity index (χ0n) is 16.9. The number of hydrogen-bond acceptors (Lipinski definition) is 5. The molecule has 0 aliphatic carbocycles. The number of aliphatic hydroxyl groups is 1. The van der Waals surface area contributed by atoms with Gasteiger partial charge < -0.3 is 24.3 Å². The molecule has 1 fully saturated rings. The van der Waals surface area contributed by atoms with E-state index in [1.807, 2.05) is 0 Å². The monoisotopic (exact) mass is 411 g/mol. The maximum absolute atomic E-state index is 14.5. The molecule has 2 bridgehead atoms. The van der Waals surface area contributed by atoms with E-state index in [0.29, 0.717) is 40.6 Å². The van der Waals surface area contributed by atoms with Crippen LogP contribution in [0.15, 0.2) is 35.1 Å². The summed E-state index contributed by atoms with van der Waals surface area (Å²) in [6.07, 6.45) is 0.307. The van der Waals surface area contributed by atoms with Crippen LogP contribution < -0.4 is 14.9 Å². The highest BCUT2D eigenvalue weighted by Crippen LogP contribution is 2.55. The van der Waals surface area contributed by atoms with Gasteiger partial charge in [-0.1, -0.05) is 18.2 Å². The molecule has 0 amide bonds. The highest BCUT2D eigenvalue weighted by Gasteiger charge is 2.53. The third-order valence-corrected chi connectivity index (χ3v) is 6.35. The van der Waals surface area contributed by atoms with Crippen LogP contribution in [0.5, 0.6) is 11.5 Å². The number of ether oxygens (including phenoxy) is 3. The first-order valence-corrected chi connectivity index (χ1v) is 9.86. The van der Waals surface area contributed by atoms with E-state index < -0.39 is 17.5 Å². The fraction of sp³-hybridized carbons (Fsp3) is 0.348. The average Bonchev–Trinajstić information content (AvgIpc) is 3.18. The Balaban J connectivity index is 1.89. The van der Waals surface area contributed by atoms with E-state index >= 15 is 0 Å². The molecule has 3 heterocycles. The topological polar surface area (TPSA) is 80.8 Å². The molecule has 5 rings (SSSR count). The lowest BCUT2D eigenvalue weighted by Crippen LogP contribution is -2.44. The minimum Gasteiger partial charge on any atom is -0.493 e. The van der Waals surface area contributed by atoms with E-state index in [0.717, 1.165) is 0 Å². The molecule has 2 N–H and O–H groups in total. The van der Waals surface area contributed by atoms with Crippen molar-refractivity contribution in [2.45, 2.75) is 37.6 Å². The molecule has 7 heteroatoms. The molecule has 1 saturated heterocycles. The first-order chi connectivity index (χ1) is 14.4.